The highest BCUT2D eigenvalue weighted by Crippen LogP contribution is 2.30. The summed E-state index contributed by atoms with van der Waals surface area (Å²) in [5.74, 6) is 0. The highest BCUT2D eigenvalue weighted by atomic mass is 35.5. The smallest absolute Gasteiger partial charge is 0.0426 e. The Labute approximate surface area is 96.7 Å². The molecule has 0 aromatic heterocycles. The molecule has 0 aliphatic heterocycles. The average Bonchev–Trinajstić information content (AvgIpc) is 2.23. The number of hydrogen-bond donors (Lipinski definition) is 1. The van der Waals surface area contributed by atoms with E-state index in [9.17, 15) is 0 Å². The first-order valence-corrected chi connectivity index (χ1v) is 4.87. The molecule has 0 aliphatic carbocycles. The predicted molar refractivity (Wildman–Crippen MR) is 69.8 cm³/mol. The van der Waals surface area contributed by atoms with E-state index in [2.05, 4.69) is 39.0 Å². The molecule has 0 heterocycles. The van der Waals surface area contributed by atoms with Crippen molar-refractivity contribution in [2.45, 2.75) is 20.8 Å². The molecule has 0 saturated heterocycles. The summed E-state index contributed by atoms with van der Waals surface area (Å²) in [7, 11) is 0. The van der Waals surface area contributed by atoms with Crippen LogP contribution >= 0.6 is 12.4 Å². The van der Waals surface area contributed by atoms with Crippen molar-refractivity contribution in [3.63, 3.8) is 0 Å². The molecule has 0 atom stereocenters. The van der Waals surface area contributed by atoms with Gasteiger partial charge in [-0.25, -0.2) is 0 Å². The Balaban J connectivity index is 0.00000112. The summed E-state index contributed by atoms with van der Waals surface area (Å²) in [5, 5.41) is 2.45. The molecule has 0 unspecified atom stereocenters. The quantitative estimate of drug-likeness (QED) is 0.674. The maximum atomic E-state index is 6.09. The average molecular weight is 222 g/mol. The van der Waals surface area contributed by atoms with Crippen molar-refractivity contribution in [1.29, 1.82) is 0 Å². The molecule has 0 bridgehead atoms. The minimum Gasteiger partial charge on any atom is -0.398 e. The van der Waals surface area contributed by atoms with E-state index in [1.54, 1.807) is 0 Å². The highest BCUT2D eigenvalue weighted by molar-refractivity contribution is 5.97. The molecule has 2 aromatic rings. The molecule has 2 aromatic carbocycles. The molecule has 2 heteroatoms. The lowest BCUT2D eigenvalue weighted by Gasteiger charge is -2.13. The molecule has 2 N–H and O–H groups in total. The van der Waals surface area contributed by atoms with Crippen LogP contribution in [0.4, 0.5) is 5.69 Å². The van der Waals surface area contributed by atoms with Gasteiger partial charge in [0.2, 0.25) is 0 Å². The maximum absolute atomic E-state index is 6.09. The highest BCUT2D eigenvalue weighted by Gasteiger charge is 2.07. The van der Waals surface area contributed by atoms with Crippen LogP contribution in [0.15, 0.2) is 24.3 Å². The third kappa shape index (κ3) is 1.68. The van der Waals surface area contributed by atoms with E-state index >= 15 is 0 Å². The minimum atomic E-state index is 0. The van der Waals surface area contributed by atoms with E-state index in [0.29, 0.717) is 0 Å². The van der Waals surface area contributed by atoms with Crippen LogP contribution in [0.3, 0.4) is 0 Å². The summed E-state index contributed by atoms with van der Waals surface area (Å²) in [4.78, 5) is 0. The summed E-state index contributed by atoms with van der Waals surface area (Å²) in [6, 6.07) is 8.31. The van der Waals surface area contributed by atoms with Gasteiger partial charge in [-0.15, -0.1) is 12.4 Å². The van der Waals surface area contributed by atoms with E-state index in [4.69, 9.17) is 5.73 Å². The van der Waals surface area contributed by atoms with E-state index in [1.165, 1.54) is 27.5 Å². The fourth-order valence-corrected chi connectivity index (χ4v) is 1.93. The Kier molecular flexibility index (Phi) is 3.25. The van der Waals surface area contributed by atoms with Gasteiger partial charge in [0.25, 0.3) is 0 Å². The van der Waals surface area contributed by atoms with Crippen molar-refractivity contribution in [3.05, 3.63) is 41.0 Å². The summed E-state index contributed by atoms with van der Waals surface area (Å²) >= 11 is 0. The standard InChI is InChI=1S/C13H15N.ClH/c1-8-9(2)11-6-4-5-7-12(11)13(14)10(8)3;/h4-7H,14H2,1-3H3;1H. The van der Waals surface area contributed by atoms with Gasteiger partial charge in [0, 0.05) is 11.1 Å². The van der Waals surface area contributed by atoms with Crippen molar-refractivity contribution in [1.82, 2.24) is 0 Å². The van der Waals surface area contributed by atoms with Crippen molar-refractivity contribution in [2.24, 2.45) is 0 Å². The number of anilines is 1. The van der Waals surface area contributed by atoms with Gasteiger partial charge >= 0.3 is 0 Å². The molecule has 0 aliphatic rings. The third-order valence-corrected chi connectivity index (χ3v) is 3.15. The topological polar surface area (TPSA) is 26.0 Å². The number of aryl methyl sites for hydroxylation is 1. The summed E-state index contributed by atoms with van der Waals surface area (Å²) < 4.78 is 0. The Hall–Kier alpha value is -1.21. The van der Waals surface area contributed by atoms with Gasteiger partial charge in [-0.1, -0.05) is 24.3 Å². The van der Waals surface area contributed by atoms with Crippen LogP contribution < -0.4 is 5.73 Å². The number of rotatable bonds is 0. The zero-order chi connectivity index (χ0) is 10.3. The molecule has 0 spiro atoms. The number of benzene rings is 2. The molecule has 0 fully saturated rings. The van der Waals surface area contributed by atoms with Gasteiger partial charge in [-0.3, -0.25) is 0 Å². The van der Waals surface area contributed by atoms with Gasteiger partial charge in [0.15, 0.2) is 0 Å². The number of fused-ring (bicyclic) bond motifs is 1. The van der Waals surface area contributed by atoms with Gasteiger partial charge in [0.05, 0.1) is 0 Å². The Morgan fingerprint density at radius 2 is 1.33 bits per heavy atom. The van der Waals surface area contributed by atoms with Gasteiger partial charge < -0.3 is 5.73 Å². The Morgan fingerprint density at radius 3 is 1.93 bits per heavy atom. The Morgan fingerprint density at radius 1 is 0.800 bits per heavy atom. The van der Waals surface area contributed by atoms with Crippen molar-refractivity contribution in [3.8, 4) is 0 Å². The van der Waals surface area contributed by atoms with E-state index in [1.807, 2.05) is 6.07 Å². The fourth-order valence-electron chi connectivity index (χ4n) is 1.93. The second-order valence-electron chi connectivity index (χ2n) is 3.83. The van der Waals surface area contributed by atoms with Gasteiger partial charge in [0.1, 0.15) is 0 Å². The molecule has 2 rings (SSSR count). The second-order valence-corrected chi connectivity index (χ2v) is 3.83. The first-order chi connectivity index (χ1) is 6.63. The van der Waals surface area contributed by atoms with Crippen LogP contribution in [-0.4, -0.2) is 0 Å². The number of nitrogens with two attached hydrogens (primary N) is 1. The first kappa shape index (κ1) is 11.9. The number of halogens is 1. The van der Waals surface area contributed by atoms with E-state index in [-0.39, 0.29) is 12.4 Å². The second kappa shape index (κ2) is 4.11. The van der Waals surface area contributed by atoms with Crippen molar-refractivity contribution >= 4 is 28.9 Å². The zero-order valence-electron chi connectivity index (χ0n) is 9.29. The molecule has 0 radical (unpaired) electrons. The minimum absolute atomic E-state index is 0. The Bertz CT molecular complexity index is 457. The molecule has 80 valence electrons. The summed E-state index contributed by atoms with van der Waals surface area (Å²) in [6.45, 7) is 6.38. The van der Waals surface area contributed by atoms with Gasteiger partial charge in [-0.2, -0.15) is 0 Å². The first-order valence-electron chi connectivity index (χ1n) is 4.87. The molecule has 0 saturated carbocycles. The lowest BCUT2D eigenvalue weighted by atomic mass is 9.95. The fraction of sp³-hybridized carbons (Fsp3) is 0.231. The zero-order valence-corrected chi connectivity index (χ0v) is 10.1. The lowest BCUT2D eigenvalue weighted by Crippen LogP contribution is -1.97. The SMILES string of the molecule is Cc1c(C)c(N)c2ccccc2c1C.Cl. The van der Waals surface area contributed by atoms with Crippen LogP contribution in [0, 0.1) is 20.8 Å². The molecular weight excluding hydrogens is 206 g/mol. The largest absolute Gasteiger partial charge is 0.398 e. The van der Waals surface area contributed by atoms with Crippen LogP contribution in [-0.2, 0) is 0 Å². The molecule has 15 heavy (non-hydrogen) atoms. The monoisotopic (exact) mass is 221 g/mol. The van der Waals surface area contributed by atoms with Crippen molar-refractivity contribution in [2.75, 3.05) is 5.73 Å². The summed E-state index contributed by atoms with van der Waals surface area (Å²) in [5.41, 5.74) is 10.9. The van der Waals surface area contributed by atoms with Crippen LogP contribution in [0.1, 0.15) is 16.7 Å². The number of nitrogen functional groups attached to an aromatic ring is 1. The number of hydrogen-bond acceptors (Lipinski definition) is 1. The van der Waals surface area contributed by atoms with Crippen LogP contribution in [0.5, 0.6) is 0 Å². The third-order valence-electron chi connectivity index (χ3n) is 3.15. The van der Waals surface area contributed by atoms with E-state index < -0.39 is 0 Å². The molecule has 1 nitrogen and oxygen atoms in total. The maximum Gasteiger partial charge on any atom is 0.0426 e. The lowest BCUT2D eigenvalue weighted by molar-refractivity contribution is 1.30. The predicted octanol–water partition coefficient (Wildman–Crippen LogP) is 3.77. The molecular formula is C13H16ClN. The molecule has 0 amide bonds. The van der Waals surface area contributed by atoms with Crippen LogP contribution in [0.25, 0.3) is 10.8 Å². The van der Waals surface area contributed by atoms with Gasteiger partial charge in [-0.05, 0) is 42.8 Å². The van der Waals surface area contributed by atoms with Crippen molar-refractivity contribution < 1.29 is 0 Å². The van der Waals surface area contributed by atoms with E-state index in [0.717, 1.165) is 5.69 Å². The summed E-state index contributed by atoms with van der Waals surface area (Å²) in [6.07, 6.45) is 0. The normalized spacial score (nSPS) is 10.1. The van der Waals surface area contributed by atoms with Crippen LogP contribution in [0.2, 0.25) is 0 Å².